The van der Waals surface area contributed by atoms with Crippen molar-refractivity contribution in [3.8, 4) is 11.5 Å². The maximum absolute atomic E-state index is 12.5. The number of ether oxygens (including phenoxy) is 2. The first-order valence-corrected chi connectivity index (χ1v) is 15.2. The molecule has 3 heteroatoms. The molecule has 0 radical (unpaired) electrons. The molecular formula is C34H50O3. The van der Waals surface area contributed by atoms with E-state index in [2.05, 4.69) is 26.0 Å². The van der Waals surface area contributed by atoms with Crippen LogP contribution in [0.15, 0.2) is 48.5 Å². The predicted octanol–water partition coefficient (Wildman–Crippen LogP) is 9.96. The van der Waals surface area contributed by atoms with Gasteiger partial charge in [-0.25, -0.2) is 4.79 Å². The summed E-state index contributed by atoms with van der Waals surface area (Å²) < 4.78 is 11.5. The van der Waals surface area contributed by atoms with E-state index in [0.29, 0.717) is 11.3 Å². The fourth-order valence-corrected chi connectivity index (χ4v) is 5.56. The van der Waals surface area contributed by atoms with Crippen molar-refractivity contribution in [2.45, 2.75) is 117 Å². The largest absolute Gasteiger partial charge is 0.494 e. The summed E-state index contributed by atoms with van der Waals surface area (Å²) in [6.45, 7) is 5.24. The summed E-state index contributed by atoms with van der Waals surface area (Å²) in [7, 11) is 0. The fourth-order valence-electron chi connectivity index (χ4n) is 5.56. The molecule has 3 rings (SSSR count). The lowest BCUT2D eigenvalue weighted by Gasteiger charge is -2.28. The molecule has 0 unspecified atom stereocenters. The van der Waals surface area contributed by atoms with E-state index < -0.39 is 0 Å². The standard InChI is InChI=1S/C34H50O3/c1-3-5-7-8-10-13-28-15-17-30(18-16-28)14-11-27-36-32-25-21-31(22-26-32)34(35)37-33-23-19-29(20-24-33)12-9-6-4-2/h19-26,28,30H,3-18,27H2,1-2H3. The van der Waals surface area contributed by atoms with Crippen LogP contribution in [0, 0.1) is 11.8 Å². The molecule has 1 saturated carbocycles. The predicted molar refractivity (Wildman–Crippen MR) is 155 cm³/mol. The van der Waals surface area contributed by atoms with Gasteiger partial charge in [-0.3, -0.25) is 0 Å². The molecule has 0 atom stereocenters. The Labute approximate surface area is 226 Å². The molecule has 2 aromatic carbocycles. The monoisotopic (exact) mass is 506 g/mol. The van der Waals surface area contributed by atoms with Crippen LogP contribution in [-0.4, -0.2) is 12.6 Å². The second-order valence-corrected chi connectivity index (χ2v) is 11.1. The average molecular weight is 507 g/mol. The summed E-state index contributed by atoms with van der Waals surface area (Å²) in [6.07, 6.45) is 21.3. The molecule has 37 heavy (non-hydrogen) atoms. The number of unbranched alkanes of at least 4 members (excludes halogenated alkanes) is 6. The van der Waals surface area contributed by atoms with Crippen LogP contribution in [0.3, 0.4) is 0 Å². The molecule has 1 aliphatic rings. The van der Waals surface area contributed by atoms with Crippen molar-refractivity contribution in [3.63, 3.8) is 0 Å². The number of carbonyl (C=O) groups is 1. The van der Waals surface area contributed by atoms with Gasteiger partial charge >= 0.3 is 5.97 Å². The van der Waals surface area contributed by atoms with Crippen LogP contribution in [0.5, 0.6) is 11.5 Å². The maximum atomic E-state index is 12.5. The first-order valence-electron chi connectivity index (χ1n) is 15.2. The smallest absolute Gasteiger partial charge is 0.343 e. The van der Waals surface area contributed by atoms with E-state index in [4.69, 9.17) is 9.47 Å². The van der Waals surface area contributed by atoms with Gasteiger partial charge in [0.05, 0.1) is 12.2 Å². The Morgan fingerprint density at radius 2 is 1.24 bits per heavy atom. The SMILES string of the molecule is CCCCCCCC1CCC(CCCOc2ccc(C(=O)Oc3ccc(CCCCC)cc3)cc2)CC1. The second kappa shape index (κ2) is 17.3. The second-order valence-electron chi connectivity index (χ2n) is 11.1. The van der Waals surface area contributed by atoms with Gasteiger partial charge < -0.3 is 9.47 Å². The van der Waals surface area contributed by atoms with Gasteiger partial charge in [0.15, 0.2) is 0 Å². The minimum atomic E-state index is -0.332. The Balaban J connectivity index is 1.28. The molecule has 0 spiro atoms. The molecule has 0 bridgehead atoms. The highest BCUT2D eigenvalue weighted by atomic mass is 16.5. The van der Waals surface area contributed by atoms with Crippen molar-refractivity contribution in [3.05, 3.63) is 59.7 Å². The third-order valence-corrected chi connectivity index (χ3v) is 8.00. The van der Waals surface area contributed by atoms with Crippen molar-refractivity contribution in [1.29, 1.82) is 0 Å². The van der Waals surface area contributed by atoms with E-state index in [0.717, 1.165) is 37.0 Å². The number of esters is 1. The highest BCUT2D eigenvalue weighted by Crippen LogP contribution is 2.34. The van der Waals surface area contributed by atoms with E-state index in [1.54, 1.807) is 12.1 Å². The molecule has 1 aliphatic carbocycles. The van der Waals surface area contributed by atoms with Crippen molar-refractivity contribution in [1.82, 2.24) is 0 Å². The number of hydrogen-bond donors (Lipinski definition) is 0. The number of carbonyl (C=O) groups excluding carboxylic acids is 1. The quantitative estimate of drug-likeness (QED) is 0.122. The number of hydrogen-bond acceptors (Lipinski definition) is 3. The lowest BCUT2D eigenvalue weighted by atomic mass is 9.78. The van der Waals surface area contributed by atoms with Crippen LogP contribution >= 0.6 is 0 Å². The summed E-state index contributed by atoms with van der Waals surface area (Å²) in [5.41, 5.74) is 1.83. The van der Waals surface area contributed by atoms with Crippen LogP contribution in [0.2, 0.25) is 0 Å². The zero-order chi connectivity index (χ0) is 26.1. The third-order valence-electron chi connectivity index (χ3n) is 8.00. The highest BCUT2D eigenvalue weighted by molar-refractivity contribution is 5.91. The van der Waals surface area contributed by atoms with Gasteiger partial charge in [-0.1, -0.05) is 103 Å². The van der Waals surface area contributed by atoms with Gasteiger partial charge in [-0.2, -0.15) is 0 Å². The van der Waals surface area contributed by atoms with Crippen LogP contribution in [0.4, 0.5) is 0 Å². The fraction of sp³-hybridized carbons (Fsp3) is 0.618. The maximum Gasteiger partial charge on any atom is 0.343 e. The van der Waals surface area contributed by atoms with Crippen LogP contribution in [0.1, 0.15) is 126 Å². The molecule has 0 saturated heterocycles. The molecule has 0 amide bonds. The van der Waals surface area contributed by atoms with Gasteiger partial charge in [0.2, 0.25) is 0 Å². The minimum absolute atomic E-state index is 0.332. The van der Waals surface area contributed by atoms with Gasteiger partial charge in [-0.05, 0) is 79.5 Å². The summed E-state index contributed by atoms with van der Waals surface area (Å²) >= 11 is 0. The first kappa shape index (κ1) is 29.3. The van der Waals surface area contributed by atoms with E-state index in [1.807, 2.05) is 24.3 Å². The minimum Gasteiger partial charge on any atom is -0.494 e. The molecule has 2 aromatic rings. The van der Waals surface area contributed by atoms with Gasteiger partial charge in [0.1, 0.15) is 11.5 Å². The average Bonchev–Trinajstić information content (AvgIpc) is 2.93. The Morgan fingerprint density at radius 1 is 0.676 bits per heavy atom. The van der Waals surface area contributed by atoms with Gasteiger partial charge in [0, 0.05) is 0 Å². The van der Waals surface area contributed by atoms with Crippen molar-refractivity contribution < 1.29 is 14.3 Å². The van der Waals surface area contributed by atoms with Crippen LogP contribution in [0.25, 0.3) is 0 Å². The zero-order valence-corrected chi connectivity index (χ0v) is 23.5. The topological polar surface area (TPSA) is 35.5 Å². The first-order chi connectivity index (χ1) is 18.2. The van der Waals surface area contributed by atoms with E-state index in [-0.39, 0.29) is 5.97 Å². The van der Waals surface area contributed by atoms with Gasteiger partial charge in [0.25, 0.3) is 0 Å². The Hall–Kier alpha value is -2.29. The molecule has 0 aromatic heterocycles. The van der Waals surface area contributed by atoms with E-state index in [1.165, 1.54) is 95.5 Å². The molecule has 0 aliphatic heterocycles. The van der Waals surface area contributed by atoms with Crippen LogP contribution in [-0.2, 0) is 6.42 Å². The number of benzene rings is 2. The third kappa shape index (κ3) is 11.3. The summed E-state index contributed by atoms with van der Waals surface area (Å²) in [5.74, 6) is 2.93. The molecule has 3 nitrogen and oxygen atoms in total. The number of rotatable bonds is 17. The molecule has 204 valence electrons. The Bertz CT molecular complexity index is 863. The molecule has 0 heterocycles. The molecule has 1 fully saturated rings. The van der Waals surface area contributed by atoms with E-state index in [9.17, 15) is 4.79 Å². The summed E-state index contributed by atoms with van der Waals surface area (Å²) in [5, 5.41) is 0. The Kier molecular flexibility index (Phi) is 13.7. The molecule has 0 N–H and O–H groups in total. The normalized spacial score (nSPS) is 17.5. The lowest BCUT2D eigenvalue weighted by molar-refractivity contribution is 0.0734. The van der Waals surface area contributed by atoms with Crippen LogP contribution < -0.4 is 9.47 Å². The number of aryl methyl sites for hydroxylation is 1. The molecular weight excluding hydrogens is 456 g/mol. The van der Waals surface area contributed by atoms with E-state index >= 15 is 0 Å². The lowest BCUT2D eigenvalue weighted by Crippen LogP contribution is -2.15. The van der Waals surface area contributed by atoms with Crippen molar-refractivity contribution >= 4 is 5.97 Å². The van der Waals surface area contributed by atoms with Crippen molar-refractivity contribution in [2.75, 3.05) is 6.61 Å². The van der Waals surface area contributed by atoms with Crippen molar-refractivity contribution in [2.24, 2.45) is 11.8 Å². The summed E-state index contributed by atoms with van der Waals surface area (Å²) in [6, 6.07) is 15.2. The summed E-state index contributed by atoms with van der Waals surface area (Å²) in [4.78, 5) is 12.5. The zero-order valence-electron chi connectivity index (χ0n) is 23.5. The highest BCUT2D eigenvalue weighted by Gasteiger charge is 2.20. The van der Waals surface area contributed by atoms with Gasteiger partial charge in [-0.15, -0.1) is 0 Å². The Morgan fingerprint density at radius 3 is 1.89 bits per heavy atom.